The zero-order valence-corrected chi connectivity index (χ0v) is 73.0. The number of methoxy groups -OCH3 is 1. The molecule has 0 bridgehead atoms. The second-order valence-electron chi connectivity index (χ2n) is 31.1. The minimum atomic E-state index is -0.932. The van der Waals surface area contributed by atoms with E-state index in [1.54, 1.807) is 121 Å². The maximum Gasteiger partial charge on any atom is 0.231 e. The molecule has 134 heavy (non-hydrogen) atoms. The highest BCUT2D eigenvalue weighted by Crippen LogP contribution is 2.39. The maximum atomic E-state index is 13.3. The van der Waals surface area contributed by atoms with Gasteiger partial charge in [0.2, 0.25) is 6.79 Å². The van der Waals surface area contributed by atoms with Crippen molar-refractivity contribution in [3.05, 3.63) is 365 Å². The van der Waals surface area contributed by atoms with Crippen LogP contribution < -0.4 is 37.9 Å². The smallest absolute Gasteiger partial charge is 0.231 e. The lowest BCUT2D eigenvalue weighted by Crippen LogP contribution is -1.99. The SMILES string of the molecule is COc1cc(-c2cc(/C=C/C(=O)c3ccc4c(c3)CCO4)[nH]n2)cc(CO)c1CO.O=C(/C=C/c1cc(-c2ccc(Cl)c(Cl)c2)n[nH]1)c1ccc2c(c1)CCO2.O=C(/C=C/c1cc(-c2ccc(F)c(F)c2)n[nH]1)c1ccc2c(c1)CCO2.O=C(/C=C/c1cc(-c2ccc(F)cc2)n[nH]1)c1ccc2c(c1)CCO2.O=C(/C=C/c1cc(-c2ccc3c(c2)OCO3)n[nH]1)c1ccc2c(c1)CCO2. The molecule has 30 heteroatoms. The van der Waals surface area contributed by atoms with Crippen LogP contribution in [0, 0.1) is 17.5 Å². The molecule has 11 heterocycles. The molecule has 0 saturated heterocycles. The van der Waals surface area contributed by atoms with Crippen LogP contribution in [0.3, 0.4) is 0 Å². The molecule has 0 aliphatic carbocycles. The molecule has 21 rings (SSSR count). The molecule has 0 radical (unpaired) electrons. The molecule has 0 spiro atoms. The first-order valence-electron chi connectivity index (χ1n) is 42.4. The van der Waals surface area contributed by atoms with E-state index < -0.39 is 11.6 Å². The molecule has 0 saturated carbocycles. The number of allylic oxidation sites excluding steroid dienone is 5. The van der Waals surface area contributed by atoms with Crippen LogP contribution in [0.1, 0.15) is 119 Å². The summed E-state index contributed by atoms with van der Waals surface area (Å²) in [4.78, 5) is 62.0. The van der Waals surface area contributed by atoms with Crippen LogP contribution in [-0.2, 0) is 45.3 Å². The summed E-state index contributed by atoms with van der Waals surface area (Å²) in [5.41, 5.74) is 20.1. The summed E-state index contributed by atoms with van der Waals surface area (Å²) >= 11 is 12.0. The molecule has 6 aliphatic heterocycles. The number of aliphatic hydroxyl groups is 2. The molecule has 5 aromatic heterocycles. The van der Waals surface area contributed by atoms with Crippen molar-refractivity contribution in [2.45, 2.75) is 45.3 Å². The Labute approximate surface area is 774 Å². The Kier molecular flexibility index (Phi) is 27.8. The summed E-state index contributed by atoms with van der Waals surface area (Å²) in [5, 5.41) is 55.6. The van der Waals surface area contributed by atoms with Gasteiger partial charge in [-0.05, 0) is 300 Å². The highest BCUT2D eigenvalue weighted by Gasteiger charge is 2.23. The fourth-order valence-electron chi connectivity index (χ4n) is 15.2. The van der Waals surface area contributed by atoms with Crippen molar-refractivity contribution in [2.24, 2.45) is 0 Å². The number of hydrogen-bond donors (Lipinski definition) is 7. The van der Waals surface area contributed by atoms with E-state index in [1.807, 2.05) is 97.1 Å². The number of halogens is 5. The van der Waals surface area contributed by atoms with Crippen LogP contribution in [0.4, 0.5) is 13.2 Å². The van der Waals surface area contributed by atoms with E-state index in [4.69, 9.17) is 61.1 Å². The largest absolute Gasteiger partial charge is 0.496 e. The Morgan fingerprint density at radius 1 is 0.336 bits per heavy atom. The summed E-state index contributed by atoms with van der Waals surface area (Å²) < 4.78 is 82.7. The molecule has 0 unspecified atom stereocenters. The highest BCUT2D eigenvalue weighted by molar-refractivity contribution is 6.42. The second-order valence-corrected chi connectivity index (χ2v) is 31.9. The third-order valence-corrected chi connectivity index (χ3v) is 23.1. The number of nitrogens with zero attached hydrogens (tertiary/aromatic N) is 5. The number of rotatable bonds is 23. The van der Waals surface area contributed by atoms with Crippen molar-refractivity contribution in [3.8, 4) is 102 Å². The highest BCUT2D eigenvalue weighted by atomic mass is 35.5. The van der Waals surface area contributed by atoms with Gasteiger partial charge in [-0.3, -0.25) is 49.5 Å². The molecule has 0 fully saturated rings. The molecule has 15 aromatic rings. The normalized spacial score (nSPS) is 13.2. The van der Waals surface area contributed by atoms with Gasteiger partial charge in [-0.2, -0.15) is 25.5 Å². The predicted octanol–water partition coefficient (Wildman–Crippen LogP) is 20.0. The first-order chi connectivity index (χ1) is 65.3. The van der Waals surface area contributed by atoms with Gasteiger partial charge in [0.1, 0.15) is 40.3 Å². The molecule has 672 valence electrons. The Balaban J connectivity index is 0.000000117. The average molecular weight is 1840 g/mol. The number of fused-ring (bicyclic) bond motifs is 6. The lowest BCUT2D eigenvalue weighted by atomic mass is 10.0. The number of aromatic nitrogens is 10. The van der Waals surface area contributed by atoms with Crippen LogP contribution in [0.5, 0.6) is 46.0 Å². The number of ether oxygens (including phenoxy) is 8. The predicted molar refractivity (Wildman–Crippen MR) is 500 cm³/mol. The summed E-state index contributed by atoms with van der Waals surface area (Å²) in [6.45, 7) is 3.11. The van der Waals surface area contributed by atoms with Gasteiger partial charge in [0.05, 0.1) is 120 Å². The van der Waals surface area contributed by atoms with E-state index in [1.165, 1.54) is 49.6 Å². The summed E-state index contributed by atoms with van der Waals surface area (Å²) in [6, 6.07) is 60.6. The maximum absolute atomic E-state index is 13.3. The minimum absolute atomic E-state index is 0.0519. The molecular formula is C104H81Cl2F3N10O15. The van der Waals surface area contributed by atoms with Gasteiger partial charge in [-0.25, -0.2) is 13.2 Å². The van der Waals surface area contributed by atoms with Gasteiger partial charge < -0.3 is 48.1 Å². The van der Waals surface area contributed by atoms with Gasteiger partial charge in [-0.1, -0.05) is 29.3 Å². The van der Waals surface area contributed by atoms with Crippen molar-refractivity contribution < 1.29 is 85.3 Å². The third kappa shape index (κ3) is 21.7. The molecule has 0 atom stereocenters. The quantitative estimate of drug-likeness (QED) is 0.0231. The van der Waals surface area contributed by atoms with E-state index in [0.29, 0.717) is 133 Å². The first kappa shape index (κ1) is 89.9. The van der Waals surface area contributed by atoms with E-state index in [-0.39, 0.29) is 54.7 Å². The number of benzene rings is 10. The lowest BCUT2D eigenvalue weighted by Gasteiger charge is -2.12. The number of carbonyl (C=O) groups excluding carboxylic acids is 5. The Morgan fingerprint density at radius 3 is 1.02 bits per heavy atom. The number of hydrogen-bond acceptors (Lipinski definition) is 20. The fraction of sp³-hybridized carbons (Fsp3) is 0.135. The number of ketones is 5. The second kappa shape index (κ2) is 41.4. The number of aliphatic hydroxyl groups excluding tert-OH is 2. The molecule has 0 amide bonds. The average Bonchev–Trinajstić information content (AvgIpc) is 1.70. The number of H-pyrrole nitrogens is 5. The molecule has 10 aromatic carbocycles. The molecular weight excluding hydrogens is 1760 g/mol. The van der Waals surface area contributed by atoms with Gasteiger partial charge in [0.15, 0.2) is 52.0 Å². The van der Waals surface area contributed by atoms with E-state index >= 15 is 0 Å². The van der Waals surface area contributed by atoms with Gasteiger partial charge in [0.25, 0.3) is 0 Å². The Morgan fingerprint density at radius 2 is 0.664 bits per heavy atom. The van der Waals surface area contributed by atoms with Crippen LogP contribution in [0.15, 0.2) is 243 Å². The third-order valence-electron chi connectivity index (χ3n) is 22.3. The molecule has 7 N–H and O–H groups in total. The van der Waals surface area contributed by atoms with Crippen molar-refractivity contribution in [1.82, 2.24) is 51.0 Å². The monoisotopic (exact) mass is 1840 g/mol. The zero-order chi connectivity index (χ0) is 92.7. The van der Waals surface area contributed by atoms with Gasteiger partial charge >= 0.3 is 0 Å². The van der Waals surface area contributed by atoms with Crippen LogP contribution >= 0.6 is 23.2 Å². The number of carbonyl (C=O) groups is 5. The Bertz CT molecular complexity index is 6960. The van der Waals surface area contributed by atoms with E-state index in [0.717, 1.165) is 152 Å². The lowest BCUT2D eigenvalue weighted by molar-refractivity contribution is 0.103. The summed E-state index contributed by atoms with van der Waals surface area (Å²) in [7, 11) is 1.51. The van der Waals surface area contributed by atoms with Crippen LogP contribution in [0.25, 0.3) is 86.7 Å². The minimum Gasteiger partial charge on any atom is -0.496 e. The summed E-state index contributed by atoms with van der Waals surface area (Å²) in [5.74, 6) is 3.65. The van der Waals surface area contributed by atoms with Gasteiger partial charge in [0, 0.05) is 93.3 Å². The van der Waals surface area contributed by atoms with Gasteiger partial charge in [-0.15, -0.1) is 0 Å². The topological polar surface area (TPSA) is 343 Å². The van der Waals surface area contributed by atoms with Crippen molar-refractivity contribution in [1.29, 1.82) is 0 Å². The summed E-state index contributed by atoms with van der Waals surface area (Å²) in [6.07, 6.45) is 20.1. The van der Waals surface area contributed by atoms with Crippen LogP contribution in [-0.4, -0.2) is 137 Å². The van der Waals surface area contributed by atoms with Crippen molar-refractivity contribution in [3.63, 3.8) is 0 Å². The van der Waals surface area contributed by atoms with E-state index in [9.17, 15) is 47.4 Å². The first-order valence-corrected chi connectivity index (χ1v) is 43.2. The number of aromatic amines is 5. The van der Waals surface area contributed by atoms with Crippen molar-refractivity contribution in [2.75, 3.05) is 46.9 Å². The molecule has 25 nitrogen and oxygen atoms in total. The van der Waals surface area contributed by atoms with E-state index in [2.05, 4.69) is 51.0 Å². The standard InChI is InChI=1S/C23H22N2O5.C21H16N2O4.C20H14Cl2N2O2.C20H14F2N2O2.C20H15FN2O2/c1-29-23-10-16(9-17(12-26)19(23)13-27)20-11-18(24-25-20)3-4-21(28)14-2-5-22-15(8-14)6-7-30-22;24-18(14-2-5-19-15(9-14)7-8-25-19)4-3-16-11-17(23-22-16)13-1-6-20-21(10-13)27-12-26-20;2*21-16-4-1-12(10-17(16)22)18-11-15(23-24-18)3-5-19(25)13-2-6-20-14(9-13)7-8-26-20;21-16-4-1-13(2-5-16)18-12-17(22-23-18)6-7-19(24)14-3-8-20-15(11-14)9-10-25-20/h2-5,8-11,26-27H,6-7,12-13H2,1H3,(H,24,25);1-6,9-11H,7-8,12H2,(H,22,23);2*1-6,9-11H,7-8H2,(H,23,24);1-8,11-12H,9-10H2,(H,22,23)/b2*4-3+;2*5-3+;7-6+. The fourth-order valence-corrected chi connectivity index (χ4v) is 15.5. The Hall–Kier alpha value is -16.0. The number of nitrogens with one attached hydrogen (secondary N) is 5. The van der Waals surface area contributed by atoms with Crippen molar-refractivity contribution >= 4 is 82.5 Å². The van der Waals surface area contributed by atoms with Crippen LogP contribution in [0.2, 0.25) is 10.0 Å². The molecule has 6 aliphatic rings. The zero-order valence-electron chi connectivity index (χ0n) is 71.5.